The minimum atomic E-state index is -3.25. The maximum atomic E-state index is 11.2. The summed E-state index contributed by atoms with van der Waals surface area (Å²) < 4.78 is 24.9. The lowest BCUT2D eigenvalue weighted by Crippen LogP contribution is -2.09. The van der Waals surface area contributed by atoms with Crippen molar-refractivity contribution in [1.82, 2.24) is 4.98 Å². The van der Waals surface area contributed by atoms with E-state index in [1.54, 1.807) is 29.5 Å². The summed E-state index contributed by atoms with van der Waals surface area (Å²) in [6.07, 6.45) is 1.14. The standard InChI is InChI=1S/C13H17N3O2S2/c1-9-13(19-10(2)15-9)8-14-11-5-4-6-12(7-11)16-20(3,17)18/h4-7,14,16H,8H2,1-3H3. The third-order valence-corrected chi connectivity index (χ3v) is 4.30. The minimum Gasteiger partial charge on any atom is -0.380 e. The number of benzene rings is 1. The number of anilines is 2. The number of nitrogens with one attached hydrogen (secondary N) is 2. The lowest BCUT2D eigenvalue weighted by molar-refractivity contribution is 0.607. The molecule has 0 spiro atoms. The first kappa shape index (κ1) is 14.8. The van der Waals surface area contributed by atoms with Gasteiger partial charge in [-0.15, -0.1) is 11.3 Å². The number of rotatable bonds is 5. The van der Waals surface area contributed by atoms with Crippen molar-refractivity contribution in [3.8, 4) is 0 Å². The predicted molar refractivity (Wildman–Crippen MR) is 83.8 cm³/mol. The summed E-state index contributed by atoms with van der Waals surface area (Å²) in [5.74, 6) is 0. The van der Waals surface area contributed by atoms with Crippen LogP contribution >= 0.6 is 11.3 Å². The van der Waals surface area contributed by atoms with Crippen molar-refractivity contribution in [3.63, 3.8) is 0 Å². The van der Waals surface area contributed by atoms with Crippen LogP contribution in [0, 0.1) is 13.8 Å². The Hall–Kier alpha value is -1.60. The molecule has 0 saturated carbocycles. The van der Waals surface area contributed by atoms with Crippen LogP contribution in [0.25, 0.3) is 0 Å². The number of aryl methyl sites for hydroxylation is 2. The molecule has 1 aromatic carbocycles. The maximum Gasteiger partial charge on any atom is 0.229 e. The highest BCUT2D eigenvalue weighted by atomic mass is 32.2. The highest BCUT2D eigenvalue weighted by Crippen LogP contribution is 2.20. The second-order valence-corrected chi connectivity index (χ2v) is 7.59. The van der Waals surface area contributed by atoms with Crippen LogP contribution in [0.3, 0.4) is 0 Å². The molecular formula is C13H17N3O2S2. The molecule has 0 aliphatic rings. The average Bonchev–Trinajstić information content (AvgIpc) is 2.63. The van der Waals surface area contributed by atoms with Crippen molar-refractivity contribution in [2.24, 2.45) is 0 Å². The Bertz CT molecular complexity index is 708. The molecule has 2 N–H and O–H groups in total. The molecule has 0 bridgehead atoms. The normalized spacial score (nSPS) is 11.3. The lowest BCUT2D eigenvalue weighted by Gasteiger charge is -2.08. The molecule has 0 amide bonds. The molecule has 0 radical (unpaired) electrons. The molecule has 1 heterocycles. The van der Waals surface area contributed by atoms with Gasteiger partial charge in [0.25, 0.3) is 0 Å². The number of hydrogen-bond acceptors (Lipinski definition) is 5. The molecule has 0 saturated heterocycles. The molecule has 2 aromatic rings. The summed E-state index contributed by atoms with van der Waals surface area (Å²) in [6.45, 7) is 4.65. The van der Waals surface area contributed by atoms with Gasteiger partial charge in [0.1, 0.15) is 0 Å². The molecule has 7 heteroatoms. The highest BCUT2D eigenvalue weighted by Gasteiger charge is 2.05. The minimum absolute atomic E-state index is 0.551. The Morgan fingerprint density at radius 3 is 2.55 bits per heavy atom. The molecule has 1 aromatic heterocycles. The van der Waals surface area contributed by atoms with E-state index < -0.39 is 10.0 Å². The first-order chi connectivity index (χ1) is 9.33. The van der Waals surface area contributed by atoms with E-state index in [0.29, 0.717) is 12.2 Å². The maximum absolute atomic E-state index is 11.2. The van der Waals surface area contributed by atoms with Gasteiger partial charge in [-0.25, -0.2) is 13.4 Å². The van der Waals surface area contributed by atoms with E-state index in [1.165, 1.54) is 4.88 Å². The van der Waals surface area contributed by atoms with Gasteiger partial charge in [0.2, 0.25) is 10.0 Å². The molecule has 0 aliphatic heterocycles. The van der Waals surface area contributed by atoms with Gasteiger partial charge in [-0.05, 0) is 32.0 Å². The highest BCUT2D eigenvalue weighted by molar-refractivity contribution is 7.92. The third kappa shape index (κ3) is 4.21. The van der Waals surface area contributed by atoms with Crippen LogP contribution in [-0.4, -0.2) is 19.7 Å². The van der Waals surface area contributed by atoms with E-state index >= 15 is 0 Å². The molecule has 0 fully saturated rings. The van der Waals surface area contributed by atoms with Crippen molar-refractivity contribution >= 4 is 32.7 Å². The average molecular weight is 311 g/mol. The molecule has 2 rings (SSSR count). The molecule has 0 unspecified atom stereocenters. The zero-order chi connectivity index (χ0) is 14.8. The Labute approximate surface area is 123 Å². The van der Waals surface area contributed by atoms with Crippen LogP contribution in [-0.2, 0) is 16.6 Å². The zero-order valence-corrected chi connectivity index (χ0v) is 13.2. The zero-order valence-electron chi connectivity index (χ0n) is 11.6. The van der Waals surface area contributed by atoms with Gasteiger partial charge >= 0.3 is 0 Å². The lowest BCUT2D eigenvalue weighted by atomic mass is 10.3. The summed E-state index contributed by atoms with van der Waals surface area (Å²) in [4.78, 5) is 5.56. The largest absolute Gasteiger partial charge is 0.380 e. The van der Waals surface area contributed by atoms with Crippen LogP contribution in [0.15, 0.2) is 24.3 Å². The van der Waals surface area contributed by atoms with Crippen molar-refractivity contribution in [1.29, 1.82) is 0 Å². The summed E-state index contributed by atoms with van der Waals surface area (Å²) >= 11 is 1.66. The van der Waals surface area contributed by atoms with Crippen LogP contribution < -0.4 is 10.0 Å². The van der Waals surface area contributed by atoms with Crippen molar-refractivity contribution < 1.29 is 8.42 Å². The first-order valence-electron chi connectivity index (χ1n) is 6.08. The van der Waals surface area contributed by atoms with Crippen molar-refractivity contribution in [2.45, 2.75) is 20.4 Å². The number of thiazole rings is 1. The monoisotopic (exact) mass is 311 g/mol. The van der Waals surface area contributed by atoms with Crippen LogP contribution in [0.1, 0.15) is 15.6 Å². The summed E-state index contributed by atoms with van der Waals surface area (Å²) in [5, 5.41) is 4.32. The van der Waals surface area contributed by atoms with Crippen molar-refractivity contribution in [3.05, 3.63) is 39.8 Å². The molecule has 0 aliphatic carbocycles. The SMILES string of the molecule is Cc1nc(C)c(CNc2cccc(NS(C)(=O)=O)c2)s1. The summed E-state index contributed by atoms with van der Waals surface area (Å²) in [5.41, 5.74) is 2.45. The Morgan fingerprint density at radius 2 is 1.95 bits per heavy atom. The van der Waals surface area contributed by atoms with Gasteiger partial charge in [-0.1, -0.05) is 6.07 Å². The van der Waals surface area contributed by atoms with Gasteiger partial charge in [0.15, 0.2) is 0 Å². The smallest absolute Gasteiger partial charge is 0.229 e. The summed E-state index contributed by atoms with van der Waals surface area (Å²) in [7, 11) is -3.25. The third-order valence-electron chi connectivity index (χ3n) is 2.62. The van der Waals surface area contributed by atoms with Gasteiger partial charge in [0.05, 0.1) is 29.2 Å². The number of hydrogen-bond donors (Lipinski definition) is 2. The fraction of sp³-hybridized carbons (Fsp3) is 0.308. The Kier molecular flexibility index (Phi) is 4.29. The van der Waals surface area contributed by atoms with Crippen LogP contribution in [0.2, 0.25) is 0 Å². The molecule has 0 atom stereocenters. The molecule has 20 heavy (non-hydrogen) atoms. The predicted octanol–water partition coefficient (Wildman–Crippen LogP) is 2.74. The van der Waals surface area contributed by atoms with Crippen LogP contribution in [0.4, 0.5) is 11.4 Å². The van der Waals surface area contributed by atoms with E-state index in [0.717, 1.165) is 22.6 Å². The number of aromatic nitrogens is 1. The topological polar surface area (TPSA) is 71.1 Å². The molecular weight excluding hydrogens is 294 g/mol. The van der Waals surface area contributed by atoms with Gasteiger partial charge < -0.3 is 5.32 Å². The second-order valence-electron chi connectivity index (χ2n) is 4.55. The van der Waals surface area contributed by atoms with Crippen LogP contribution in [0.5, 0.6) is 0 Å². The van der Waals surface area contributed by atoms with E-state index in [-0.39, 0.29) is 0 Å². The van der Waals surface area contributed by atoms with Gasteiger partial charge in [-0.3, -0.25) is 4.72 Å². The molecule has 108 valence electrons. The van der Waals surface area contributed by atoms with Gasteiger partial charge in [-0.2, -0.15) is 0 Å². The Morgan fingerprint density at radius 1 is 1.25 bits per heavy atom. The van der Waals surface area contributed by atoms with Gasteiger partial charge in [0, 0.05) is 10.6 Å². The number of nitrogens with zero attached hydrogens (tertiary/aromatic N) is 1. The van der Waals surface area contributed by atoms with E-state index in [2.05, 4.69) is 15.0 Å². The quantitative estimate of drug-likeness (QED) is 0.890. The van der Waals surface area contributed by atoms with E-state index in [9.17, 15) is 8.42 Å². The van der Waals surface area contributed by atoms with E-state index in [1.807, 2.05) is 19.9 Å². The fourth-order valence-electron chi connectivity index (χ4n) is 1.83. The number of sulfonamides is 1. The van der Waals surface area contributed by atoms with Crippen molar-refractivity contribution in [2.75, 3.05) is 16.3 Å². The van der Waals surface area contributed by atoms with E-state index in [4.69, 9.17) is 0 Å². The molecule has 5 nitrogen and oxygen atoms in total. The fourth-order valence-corrected chi connectivity index (χ4v) is 3.26. The second kappa shape index (κ2) is 5.80. The summed E-state index contributed by atoms with van der Waals surface area (Å²) in [6, 6.07) is 7.19. The first-order valence-corrected chi connectivity index (χ1v) is 8.79. The Balaban J connectivity index is 2.07.